The zero-order valence-electron chi connectivity index (χ0n) is 12.6. The lowest BCUT2D eigenvalue weighted by Crippen LogP contribution is -2.22. The van der Waals surface area contributed by atoms with Crippen molar-refractivity contribution in [1.29, 1.82) is 0 Å². The van der Waals surface area contributed by atoms with E-state index >= 15 is 0 Å². The van der Waals surface area contributed by atoms with Crippen LogP contribution in [0.2, 0.25) is 0 Å². The van der Waals surface area contributed by atoms with E-state index in [4.69, 9.17) is 4.74 Å². The number of thioether (sulfide) groups is 1. The fraction of sp³-hybridized carbons (Fsp3) is 0.188. The summed E-state index contributed by atoms with van der Waals surface area (Å²) in [7, 11) is 1.61. The molecule has 0 fully saturated rings. The van der Waals surface area contributed by atoms with Gasteiger partial charge in [0.1, 0.15) is 17.1 Å². The molecule has 1 aromatic carbocycles. The summed E-state index contributed by atoms with van der Waals surface area (Å²) in [5, 5.41) is 5.45. The summed E-state index contributed by atoms with van der Waals surface area (Å²) in [4.78, 5) is 20.9. The highest BCUT2D eigenvalue weighted by Crippen LogP contribution is 2.31. The molecule has 118 valence electrons. The average Bonchev–Trinajstić information content (AvgIpc) is 3.05. The molecule has 1 N–H and O–H groups in total. The van der Waals surface area contributed by atoms with Crippen LogP contribution in [-0.4, -0.2) is 28.2 Å². The monoisotopic (exact) mass is 345 g/mol. The minimum Gasteiger partial charge on any atom is -0.497 e. The molecule has 2 aromatic heterocycles. The number of hydrogen-bond donors (Lipinski definition) is 1. The first-order valence-electron chi connectivity index (χ1n) is 6.97. The molecular formula is C16H15N3O2S2. The fourth-order valence-electron chi connectivity index (χ4n) is 1.99. The van der Waals surface area contributed by atoms with E-state index in [-0.39, 0.29) is 11.2 Å². The van der Waals surface area contributed by atoms with Gasteiger partial charge in [0, 0.05) is 5.69 Å². The molecule has 0 bridgehead atoms. The van der Waals surface area contributed by atoms with Gasteiger partial charge in [-0.3, -0.25) is 4.79 Å². The molecule has 3 aromatic rings. The number of thiophene rings is 1. The van der Waals surface area contributed by atoms with Crippen LogP contribution in [0.4, 0.5) is 5.69 Å². The van der Waals surface area contributed by atoms with Gasteiger partial charge in [-0.15, -0.1) is 11.3 Å². The molecule has 1 amide bonds. The van der Waals surface area contributed by atoms with Crippen molar-refractivity contribution in [3.05, 3.63) is 42.0 Å². The number of carbonyl (C=O) groups is 1. The van der Waals surface area contributed by atoms with Gasteiger partial charge in [-0.2, -0.15) is 0 Å². The molecule has 5 nitrogen and oxygen atoms in total. The number of nitrogens with one attached hydrogen (secondary N) is 1. The molecule has 1 atom stereocenters. The van der Waals surface area contributed by atoms with Crippen LogP contribution in [0.5, 0.6) is 5.75 Å². The summed E-state index contributed by atoms with van der Waals surface area (Å²) < 4.78 is 6.12. The molecule has 3 rings (SSSR count). The number of hydrogen-bond acceptors (Lipinski definition) is 6. The molecule has 1 unspecified atom stereocenters. The quantitative estimate of drug-likeness (QED) is 0.562. The number of fused-ring (bicyclic) bond motifs is 1. The van der Waals surface area contributed by atoms with Gasteiger partial charge in [0.15, 0.2) is 0 Å². The zero-order chi connectivity index (χ0) is 16.2. The second-order valence-corrected chi connectivity index (χ2v) is 7.04. The molecule has 0 aliphatic rings. The van der Waals surface area contributed by atoms with E-state index in [0.29, 0.717) is 0 Å². The zero-order valence-corrected chi connectivity index (χ0v) is 14.3. The number of benzene rings is 1. The molecule has 0 spiro atoms. The highest BCUT2D eigenvalue weighted by Gasteiger charge is 2.17. The maximum absolute atomic E-state index is 12.3. The number of nitrogens with zero attached hydrogens (tertiary/aromatic N) is 2. The second kappa shape index (κ2) is 6.97. The normalized spacial score (nSPS) is 12.1. The number of ether oxygens (including phenoxy) is 1. The second-order valence-electron chi connectivity index (χ2n) is 4.79. The maximum atomic E-state index is 12.3. The third-order valence-electron chi connectivity index (χ3n) is 3.23. The van der Waals surface area contributed by atoms with E-state index < -0.39 is 0 Å². The fourth-order valence-corrected chi connectivity index (χ4v) is 3.83. The van der Waals surface area contributed by atoms with Gasteiger partial charge in [-0.05, 0) is 42.6 Å². The Bertz CT molecular complexity index is 818. The third-order valence-corrected chi connectivity index (χ3v) is 5.37. The first-order valence-corrected chi connectivity index (χ1v) is 8.73. The van der Waals surface area contributed by atoms with Crippen LogP contribution in [0.3, 0.4) is 0 Å². The van der Waals surface area contributed by atoms with Gasteiger partial charge in [0.25, 0.3) is 0 Å². The number of rotatable bonds is 5. The van der Waals surface area contributed by atoms with Crippen molar-refractivity contribution in [3.8, 4) is 5.75 Å². The van der Waals surface area contributed by atoms with Crippen LogP contribution >= 0.6 is 23.1 Å². The highest BCUT2D eigenvalue weighted by molar-refractivity contribution is 8.00. The van der Waals surface area contributed by atoms with Gasteiger partial charge >= 0.3 is 0 Å². The summed E-state index contributed by atoms with van der Waals surface area (Å²) in [5.41, 5.74) is 1.66. The standard InChI is InChI=1S/C16H15N3O2S2/c1-10(15(20)19-11-3-5-12(21-2)6-4-11)23-16-14-13(7-8-22-14)17-9-18-16/h3-10H,1-2H3,(H,19,20). The van der Waals surface area contributed by atoms with Crippen molar-refractivity contribution >= 4 is 44.9 Å². The predicted molar refractivity (Wildman–Crippen MR) is 94.4 cm³/mol. The van der Waals surface area contributed by atoms with E-state index in [1.54, 1.807) is 18.4 Å². The van der Waals surface area contributed by atoms with Gasteiger partial charge in [-0.25, -0.2) is 9.97 Å². The Morgan fingerprint density at radius 3 is 2.78 bits per heavy atom. The third kappa shape index (κ3) is 3.62. The Morgan fingerprint density at radius 1 is 1.26 bits per heavy atom. The van der Waals surface area contributed by atoms with E-state index in [1.807, 2.05) is 42.6 Å². The number of methoxy groups -OCH3 is 1. The predicted octanol–water partition coefficient (Wildman–Crippen LogP) is 3.82. The van der Waals surface area contributed by atoms with E-state index in [1.165, 1.54) is 18.1 Å². The topological polar surface area (TPSA) is 64.1 Å². The number of amides is 1. The molecule has 23 heavy (non-hydrogen) atoms. The Morgan fingerprint density at radius 2 is 2.04 bits per heavy atom. The summed E-state index contributed by atoms with van der Waals surface area (Å²) in [5.74, 6) is 0.690. The van der Waals surface area contributed by atoms with Gasteiger partial charge in [0.05, 0.1) is 22.6 Å². The Hall–Kier alpha value is -2.12. The van der Waals surface area contributed by atoms with Crippen molar-refractivity contribution in [2.75, 3.05) is 12.4 Å². The molecule has 7 heteroatoms. The molecule has 0 radical (unpaired) electrons. The lowest BCUT2D eigenvalue weighted by molar-refractivity contribution is -0.115. The first-order chi connectivity index (χ1) is 11.2. The van der Waals surface area contributed by atoms with Crippen LogP contribution in [0.25, 0.3) is 10.2 Å². The minimum absolute atomic E-state index is 0.0662. The Kier molecular flexibility index (Phi) is 4.78. The smallest absolute Gasteiger partial charge is 0.237 e. The molecule has 0 aliphatic heterocycles. The highest BCUT2D eigenvalue weighted by atomic mass is 32.2. The average molecular weight is 345 g/mol. The van der Waals surface area contributed by atoms with Crippen LogP contribution < -0.4 is 10.1 Å². The van der Waals surface area contributed by atoms with Crippen molar-refractivity contribution in [2.45, 2.75) is 17.2 Å². The summed E-state index contributed by atoms with van der Waals surface area (Å²) in [6.45, 7) is 1.87. The summed E-state index contributed by atoms with van der Waals surface area (Å²) >= 11 is 3.02. The Balaban J connectivity index is 1.68. The van der Waals surface area contributed by atoms with Crippen LogP contribution in [0.15, 0.2) is 47.1 Å². The van der Waals surface area contributed by atoms with Gasteiger partial charge < -0.3 is 10.1 Å². The molecule has 2 heterocycles. The van der Waals surface area contributed by atoms with E-state index in [2.05, 4.69) is 15.3 Å². The maximum Gasteiger partial charge on any atom is 0.237 e. The van der Waals surface area contributed by atoms with Crippen molar-refractivity contribution in [3.63, 3.8) is 0 Å². The van der Waals surface area contributed by atoms with Gasteiger partial charge in [0.2, 0.25) is 5.91 Å². The van der Waals surface area contributed by atoms with E-state index in [0.717, 1.165) is 26.7 Å². The largest absolute Gasteiger partial charge is 0.497 e. The van der Waals surface area contributed by atoms with Crippen molar-refractivity contribution < 1.29 is 9.53 Å². The number of aromatic nitrogens is 2. The van der Waals surface area contributed by atoms with Crippen molar-refractivity contribution in [1.82, 2.24) is 9.97 Å². The molecule has 0 aliphatic carbocycles. The van der Waals surface area contributed by atoms with Crippen LogP contribution in [-0.2, 0) is 4.79 Å². The SMILES string of the molecule is COc1ccc(NC(=O)C(C)Sc2ncnc3ccsc23)cc1. The Labute approximate surface area is 142 Å². The number of anilines is 1. The number of carbonyl (C=O) groups excluding carboxylic acids is 1. The molecule has 0 saturated heterocycles. The summed E-state index contributed by atoms with van der Waals surface area (Å²) in [6.07, 6.45) is 1.53. The van der Waals surface area contributed by atoms with Gasteiger partial charge in [-0.1, -0.05) is 11.8 Å². The van der Waals surface area contributed by atoms with Crippen molar-refractivity contribution in [2.24, 2.45) is 0 Å². The molecular weight excluding hydrogens is 330 g/mol. The van der Waals surface area contributed by atoms with E-state index in [9.17, 15) is 4.79 Å². The summed E-state index contributed by atoms with van der Waals surface area (Å²) in [6, 6.07) is 9.21. The minimum atomic E-state index is -0.266. The first kappa shape index (κ1) is 15.8. The lowest BCUT2D eigenvalue weighted by atomic mass is 10.3. The molecule has 0 saturated carbocycles. The van der Waals surface area contributed by atoms with Crippen LogP contribution in [0.1, 0.15) is 6.92 Å². The lowest BCUT2D eigenvalue weighted by Gasteiger charge is -2.12. The van der Waals surface area contributed by atoms with Crippen LogP contribution in [0, 0.1) is 0 Å².